The lowest BCUT2D eigenvalue weighted by atomic mass is 10.0. The fourth-order valence-corrected chi connectivity index (χ4v) is 3.68. The molecule has 1 N–H and O–H groups in total. The van der Waals surface area contributed by atoms with E-state index in [2.05, 4.69) is 4.98 Å². The van der Waals surface area contributed by atoms with Gasteiger partial charge < -0.3 is 14.5 Å². The molecule has 1 atom stereocenters. The fraction of sp³-hybridized carbons (Fsp3) is 0.182. The quantitative estimate of drug-likeness (QED) is 0.567. The lowest BCUT2D eigenvalue weighted by Crippen LogP contribution is -2.31. The number of rotatable bonds is 3. The first-order chi connectivity index (χ1) is 13.8. The summed E-state index contributed by atoms with van der Waals surface area (Å²) in [6, 6.07) is 10.9. The fourth-order valence-electron chi connectivity index (χ4n) is 3.68. The Kier molecular flexibility index (Phi) is 4.45. The van der Waals surface area contributed by atoms with E-state index in [0.29, 0.717) is 11.3 Å². The van der Waals surface area contributed by atoms with Crippen molar-refractivity contribution in [1.29, 1.82) is 0 Å². The number of aromatic amines is 1. The van der Waals surface area contributed by atoms with Gasteiger partial charge >= 0.3 is 0 Å². The van der Waals surface area contributed by atoms with Crippen molar-refractivity contribution in [3.8, 4) is 0 Å². The van der Waals surface area contributed by atoms with Gasteiger partial charge in [-0.1, -0.05) is 18.2 Å². The molecule has 4 aromatic rings. The number of nitrogens with zero attached hydrogens (tertiary/aromatic N) is 2. The molecule has 148 valence electrons. The van der Waals surface area contributed by atoms with E-state index < -0.39 is 23.2 Å². The van der Waals surface area contributed by atoms with Gasteiger partial charge in [-0.15, -0.1) is 0 Å². The van der Waals surface area contributed by atoms with Crippen LogP contribution in [0.2, 0.25) is 0 Å². The van der Waals surface area contributed by atoms with E-state index in [-0.39, 0.29) is 16.7 Å². The SMILES string of the molecule is C[C@@H](c1c[nH]c(=O)c2cc(F)c(F)cc12)N(C)C(=O)c1cc2ccccc2n1C. The zero-order valence-corrected chi connectivity index (χ0v) is 16.2. The second-order valence-corrected chi connectivity index (χ2v) is 7.12. The Labute approximate surface area is 165 Å². The number of nitrogens with one attached hydrogen (secondary N) is 1. The molecule has 0 aliphatic rings. The molecule has 0 fully saturated rings. The molecule has 0 bridgehead atoms. The number of hydrogen-bond donors (Lipinski definition) is 1. The molecule has 1 amide bonds. The Morgan fingerprint density at radius 2 is 1.76 bits per heavy atom. The van der Waals surface area contributed by atoms with Gasteiger partial charge in [-0.25, -0.2) is 8.78 Å². The van der Waals surface area contributed by atoms with Crippen LogP contribution < -0.4 is 5.56 Å². The monoisotopic (exact) mass is 395 g/mol. The Morgan fingerprint density at radius 1 is 1.10 bits per heavy atom. The molecule has 5 nitrogen and oxygen atoms in total. The summed E-state index contributed by atoms with van der Waals surface area (Å²) in [6.07, 6.45) is 1.44. The van der Waals surface area contributed by atoms with Gasteiger partial charge in [-0.2, -0.15) is 0 Å². The van der Waals surface area contributed by atoms with Crippen LogP contribution in [0, 0.1) is 11.6 Å². The van der Waals surface area contributed by atoms with Gasteiger partial charge in [0.1, 0.15) is 5.69 Å². The van der Waals surface area contributed by atoms with Crippen molar-refractivity contribution in [3.63, 3.8) is 0 Å². The summed E-state index contributed by atoms with van der Waals surface area (Å²) in [5.74, 6) is -2.36. The van der Waals surface area contributed by atoms with E-state index in [1.54, 1.807) is 14.0 Å². The summed E-state index contributed by atoms with van der Waals surface area (Å²) in [5.41, 5.74) is 1.45. The second-order valence-electron chi connectivity index (χ2n) is 7.12. The lowest BCUT2D eigenvalue weighted by Gasteiger charge is -2.26. The van der Waals surface area contributed by atoms with Crippen molar-refractivity contribution in [2.75, 3.05) is 7.05 Å². The molecule has 2 heterocycles. The van der Waals surface area contributed by atoms with Gasteiger partial charge in [0.2, 0.25) is 0 Å². The first-order valence-corrected chi connectivity index (χ1v) is 9.11. The number of para-hydroxylation sites is 1. The maximum atomic E-state index is 13.8. The number of halogens is 2. The summed E-state index contributed by atoms with van der Waals surface area (Å²) in [7, 11) is 3.46. The van der Waals surface area contributed by atoms with E-state index in [9.17, 15) is 18.4 Å². The molecule has 0 spiro atoms. The zero-order valence-electron chi connectivity index (χ0n) is 16.2. The third-order valence-corrected chi connectivity index (χ3v) is 5.50. The van der Waals surface area contributed by atoms with Gasteiger partial charge in [0, 0.05) is 31.2 Å². The highest BCUT2D eigenvalue weighted by atomic mass is 19.2. The van der Waals surface area contributed by atoms with E-state index in [1.165, 1.54) is 11.1 Å². The molecule has 0 aliphatic heterocycles. The smallest absolute Gasteiger partial charge is 0.270 e. The van der Waals surface area contributed by atoms with Crippen LogP contribution >= 0.6 is 0 Å². The molecular weight excluding hydrogens is 376 g/mol. The minimum Gasteiger partial charge on any atom is -0.340 e. The van der Waals surface area contributed by atoms with Crippen LogP contribution in [0.1, 0.15) is 29.0 Å². The Hall–Kier alpha value is -3.48. The van der Waals surface area contributed by atoms with Crippen molar-refractivity contribution in [3.05, 3.63) is 81.9 Å². The average Bonchev–Trinajstić information content (AvgIpc) is 3.05. The second kappa shape index (κ2) is 6.84. The van der Waals surface area contributed by atoms with Crippen molar-refractivity contribution in [2.45, 2.75) is 13.0 Å². The van der Waals surface area contributed by atoms with Crippen LogP contribution in [0.4, 0.5) is 8.78 Å². The van der Waals surface area contributed by atoms with Crippen LogP contribution in [-0.4, -0.2) is 27.4 Å². The molecule has 0 unspecified atom stereocenters. The first-order valence-electron chi connectivity index (χ1n) is 9.11. The Balaban J connectivity index is 1.78. The number of amides is 1. The molecule has 0 aliphatic carbocycles. The average molecular weight is 395 g/mol. The summed E-state index contributed by atoms with van der Waals surface area (Å²) in [6.45, 7) is 1.77. The number of carbonyl (C=O) groups excluding carboxylic acids is 1. The number of H-pyrrole nitrogens is 1. The van der Waals surface area contributed by atoms with Crippen molar-refractivity contribution >= 4 is 27.6 Å². The minimum atomic E-state index is -1.09. The number of fused-ring (bicyclic) bond motifs is 2. The Bertz CT molecular complexity index is 1320. The van der Waals surface area contributed by atoms with Crippen LogP contribution in [0.3, 0.4) is 0 Å². The van der Waals surface area contributed by atoms with Gasteiger partial charge in [0.15, 0.2) is 11.6 Å². The summed E-state index contributed by atoms with van der Waals surface area (Å²) < 4.78 is 29.3. The summed E-state index contributed by atoms with van der Waals surface area (Å²) >= 11 is 0. The van der Waals surface area contributed by atoms with Crippen molar-refractivity contribution < 1.29 is 13.6 Å². The Morgan fingerprint density at radius 3 is 2.45 bits per heavy atom. The maximum Gasteiger partial charge on any atom is 0.270 e. The number of carbonyl (C=O) groups is 1. The molecule has 0 saturated carbocycles. The van der Waals surface area contributed by atoms with E-state index in [4.69, 9.17) is 0 Å². The van der Waals surface area contributed by atoms with Gasteiger partial charge in [-0.3, -0.25) is 9.59 Å². The van der Waals surface area contributed by atoms with Crippen LogP contribution in [0.25, 0.3) is 21.7 Å². The highest BCUT2D eigenvalue weighted by Gasteiger charge is 2.24. The molecule has 0 radical (unpaired) electrons. The van der Waals surface area contributed by atoms with Crippen LogP contribution in [0.15, 0.2) is 53.5 Å². The molecule has 7 heteroatoms. The molecule has 29 heavy (non-hydrogen) atoms. The highest BCUT2D eigenvalue weighted by Crippen LogP contribution is 2.28. The largest absolute Gasteiger partial charge is 0.340 e. The van der Waals surface area contributed by atoms with Gasteiger partial charge in [0.05, 0.1) is 11.4 Å². The third kappa shape index (κ3) is 2.99. The van der Waals surface area contributed by atoms with Gasteiger partial charge in [-0.05, 0) is 42.1 Å². The molecule has 4 rings (SSSR count). The molecule has 0 saturated heterocycles. The van der Waals surface area contributed by atoms with E-state index in [0.717, 1.165) is 23.0 Å². The zero-order chi connectivity index (χ0) is 20.9. The van der Waals surface area contributed by atoms with Gasteiger partial charge in [0.25, 0.3) is 11.5 Å². The highest BCUT2D eigenvalue weighted by molar-refractivity contribution is 5.99. The van der Waals surface area contributed by atoms with Crippen molar-refractivity contribution in [2.24, 2.45) is 7.05 Å². The molecule has 2 aromatic heterocycles. The first kappa shape index (κ1) is 18.9. The number of aromatic nitrogens is 2. The minimum absolute atomic E-state index is 0.0405. The predicted molar refractivity (Wildman–Crippen MR) is 108 cm³/mol. The third-order valence-electron chi connectivity index (χ3n) is 5.50. The van der Waals surface area contributed by atoms with E-state index in [1.807, 2.05) is 41.9 Å². The summed E-state index contributed by atoms with van der Waals surface area (Å²) in [4.78, 5) is 29.3. The topological polar surface area (TPSA) is 58.1 Å². The summed E-state index contributed by atoms with van der Waals surface area (Å²) in [5, 5.41) is 1.27. The number of pyridine rings is 1. The standard InChI is InChI=1S/C22H19F2N3O2/c1-12(16-11-25-21(28)15-10-18(24)17(23)9-14(15)16)26(2)22(29)20-8-13-6-4-5-7-19(13)27(20)3/h4-12H,1-3H3,(H,25,28)/t12-/m0/s1. The maximum absolute atomic E-state index is 13.8. The molecular formula is C22H19F2N3O2. The normalized spacial score (nSPS) is 12.4. The number of hydrogen-bond acceptors (Lipinski definition) is 2. The van der Waals surface area contributed by atoms with Crippen LogP contribution in [0.5, 0.6) is 0 Å². The van der Waals surface area contributed by atoms with Crippen molar-refractivity contribution in [1.82, 2.24) is 14.5 Å². The van der Waals surface area contributed by atoms with E-state index >= 15 is 0 Å². The number of aryl methyl sites for hydroxylation is 1. The lowest BCUT2D eigenvalue weighted by molar-refractivity contribution is 0.0734. The molecule has 2 aromatic carbocycles. The van der Waals surface area contributed by atoms with Crippen LogP contribution in [-0.2, 0) is 7.05 Å². The predicted octanol–water partition coefficient (Wildman–Crippen LogP) is 4.13. The number of benzene rings is 2.